The third kappa shape index (κ3) is 4.00. The third-order valence-corrected chi connectivity index (χ3v) is 2.86. The molecular weight excluding hydrogens is 330 g/mol. The van der Waals surface area contributed by atoms with Crippen molar-refractivity contribution in [2.75, 3.05) is 19.6 Å². The van der Waals surface area contributed by atoms with Gasteiger partial charge < -0.3 is 9.47 Å². The largest absolute Gasteiger partial charge is 0.464 e. The summed E-state index contributed by atoms with van der Waals surface area (Å²) in [5.74, 6) is -1.93. The van der Waals surface area contributed by atoms with Crippen molar-refractivity contribution < 1.29 is 19.1 Å². The maximum Gasteiger partial charge on any atom is 0.366 e. The highest BCUT2D eigenvalue weighted by atomic mass is 35.5. The van der Waals surface area contributed by atoms with Crippen LogP contribution in [0.2, 0.25) is 15.1 Å². The number of nitrogens with one attached hydrogen (secondary N) is 1. The Morgan fingerprint density at radius 3 is 1.90 bits per heavy atom. The lowest BCUT2D eigenvalue weighted by atomic mass is 10.3. The van der Waals surface area contributed by atoms with Gasteiger partial charge in [-0.15, -0.1) is 0 Å². The van der Waals surface area contributed by atoms with Crippen LogP contribution in [0.3, 0.4) is 0 Å². The predicted octanol–water partition coefficient (Wildman–Crippen LogP) is 2.76. The Morgan fingerprint density at radius 1 is 1.05 bits per heavy atom. The predicted molar refractivity (Wildman–Crippen MR) is 76.6 cm³/mol. The highest BCUT2D eigenvalue weighted by molar-refractivity contribution is 6.62. The molecule has 0 fully saturated rings. The SMILES string of the molecule is COC(=O)C(=NNc1c(Cl)cc(Cl)cc1Cl)C(=O)OC. The van der Waals surface area contributed by atoms with E-state index in [1.807, 2.05) is 0 Å². The molecular formula is C11H9Cl3N2O4. The number of benzene rings is 1. The van der Waals surface area contributed by atoms with E-state index in [4.69, 9.17) is 34.8 Å². The van der Waals surface area contributed by atoms with Crippen molar-refractivity contribution in [3.05, 3.63) is 27.2 Å². The van der Waals surface area contributed by atoms with Crippen LogP contribution in [0, 0.1) is 0 Å². The van der Waals surface area contributed by atoms with Gasteiger partial charge in [0.2, 0.25) is 0 Å². The Morgan fingerprint density at radius 2 is 1.50 bits per heavy atom. The molecule has 1 rings (SSSR count). The standard InChI is InChI=1S/C11H9Cl3N2O4/c1-19-10(17)9(11(18)20-2)16-15-8-6(13)3-5(12)4-7(8)14/h3-4,15H,1-2H3. The van der Waals surface area contributed by atoms with E-state index in [1.165, 1.54) is 12.1 Å². The summed E-state index contributed by atoms with van der Waals surface area (Å²) < 4.78 is 8.81. The number of hydrogen-bond acceptors (Lipinski definition) is 6. The van der Waals surface area contributed by atoms with E-state index in [0.717, 1.165) is 14.2 Å². The first kappa shape index (κ1) is 16.6. The molecule has 9 heteroatoms. The maximum atomic E-state index is 11.4. The van der Waals surface area contributed by atoms with Gasteiger partial charge in [0, 0.05) is 5.02 Å². The molecule has 0 saturated carbocycles. The molecule has 0 aromatic heterocycles. The van der Waals surface area contributed by atoms with Crippen molar-refractivity contribution >= 4 is 58.1 Å². The summed E-state index contributed by atoms with van der Waals surface area (Å²) in [6, 6.07) is 2.84. The average molecular weight is 340 g/mol. The van der Waals surface area contributed by atoms with Gasteiger partial charge in [0.05, 0.1) is 30.0 Å². The molecule has 0 heterocycles. The number of ether oxygens (including phenoxy) is 2. The zero-order chi connectivity index (χ0) is 15.3. The first-order chi connectivity index (χ1) is 9.40. The van der Waals surface area contributed by atoms with E-state index in [1.54, 1.807) is 0 Å². The lowest BCUT2D eigenvalue weighted by molar-refractivity contribution is -0.138. The van der Waals surface area contributed by atoms with Crippen LogP contribution in [-0.2, 0) is 19.1 Å². The number of hydrazone groups is 1. The van der Waals surface area contributed by atoms with Gasteiger partial charge in [-0.3, -0.25) is 5.43 Å². The van der Waals surface area contributed by atoms with Gasteiger partial charge in [-0.05, 0) is 12.1 Å². The van der Waals surface area contributed by atoms with Crippen molar-refractivity contribution in [2.24, 2.45) is 5.10 Å². The van der Waals surface area contributed by atoms with Gasteiger partial charge in [0.25, 0.3) is 5.71 Å². The van der Waals surface area contributed by atoms with Crippen LogP contribution in [0.15, 0.2) is 17.2 Å². The molecule has 20 heavy (non-hydrogen) atoms. The molecule has 0 aliphatic rings. The summed E-state index contributed by atoms with van der Waals surface area (Å²) in [6.45, 7) is 0. The lowest BCUT2D eigenvalue weighted by Crippen LogP contribution is -2.27. The smallest absolute Gasteiger partial charge is 0.366 e. The molecule has 0 radical (unpaired) electrons. The molecule has 108 valence electrons. The van der Waals surface area contributed by atoms with E-state index in [2.05, 4.69) is 20.0 Å². The summed E-state index contributed by atoms with van der Waals surface area (Å²) in [4.78, 5) is 22.8. The second kappa shape index (κ2) is 7.33. The van der Waals surface area contributed by atoms with Crippen molar-refractivity contribution in [3.63, 3.8) is 0 Å². The maximum absolute atomic E-state index is 11.4. The first-order valence-electron chi connectivity index (χ1n) is 5.05. The number of carbonyl (C=O) groups is 2. The van der Waals surface area contributed by atoms with Gasteiger partial charge in [0.1, 0.15) is 0 Å². The van der Waals surface area contributed by atoms with Crippen LogP contribution in [0.4, 0.5) is 5.69 Å². The number of hydrogen-bond donors (Lipinski definition) is 1. The summed E-state index contributed by atoms with van der Waals surface area (Å²) in [5, 5.41) is 4.26. The third-order valence-electron chi connectivity index (χ3n) is 2.04. The van der Waals surface area contributed by atoms with E-state index < -0.39 is 17.7 Å². The minimum absolute atomic E-state index is 0.167. The highest BCUT2D eigenvalue weighted by Crippen LogP contribution is 2.33. The van der Waals surface area contributed by atoms with Gasteiger partial charge in [0.15, 0.2) is 0 Å². The van der Waals surface area contributed by atoms with E-state index >= 15 is 0 Å². The topological polar surface area (TPSA) is 77.0 Å². The van der Waals surface area contributed by atoms with Crippen LogP contribution >= 0.6 is 34.8 Å². The van der Waals surface area contributed by atoms with Crippen molar-refractivity contribution in [3.8, 4) is 0 Å². The van der Waals surface area contributed by atoms with Crippen LogP contribution in [0.1, 0.15) is 0 Å². The van der Waals surface area contributed by atoms with Crippen molar-refractivity contribution in [1.29, 1.82) is 0 Å². The Kier molecular flexibility index (Phi) is 6.06. The fourth-order valence-corrected chi connectivity index (χ4v) is 2.03. The van der Waals surface area contributed by atoms with E-state index in [-0.39, 0.29) is 15.7 Å². The van der Waals surface area contributed by atoms with Gasteiger partial charge in [-0.1, -0.05) is 34.8 Å². The highest BCUT2D eigenvalue weighted by Gasteiger charge is 2.22. The van der Waals surface area contributed by atoms with Crippen LogP contribution < -0.4 is 5.43 Å². The Bertz CT molecular complexity index is 534. The molecule has 0 aliphatic carbocycles. The molecule has 0 unspecified atom stereocenters. The Hall–Kier alpha value is -1.50. The number of esters is 2. The molecule has 0 saturated heterocycles. The second-order valence-electron chi connectivity index (χ2n) is 3.30. The summed E-state index contributed by atoms with van der Waals surface area (Å²) in [5.41, 5.74) is 2.00. The molecule has 6 nitrogen and oxygen atoms in total. The zero-order valence-corrected chi connectivity index (χ0v) is 12.6. The molecule has 0 bridgehead atoms. The van der Waals surface area contributed by atoms with Crippen LogP contribution in [0.25, 0.3) is 0 Å². The zero-order valence-electron chi connectivity index (χ0n) is 10.4. The number of halogens is 3. The number of nitrogens with zero attached hydrogens (tertiary/aromatic N) is 1. The van der Waals surface area contributed by atoms with Gasteiger partial charge >= 0.3 is 11.9 Å². The van der Waals surface area contributed by atoms with Crippen molar-refractivity contribution in [2.45, 2.75) is 0 Å². The number of rotatable bonds is 4. The number of carbonyl (C=O) groups excluding carboxylic acids is 2. The van der Waals surface area contributed by atoms with Gasteiger partial charge in [-0.25, -0.2) is 9.59 Å². The Balaban J connectivity index is 3.10. The van der Waals surface area contributed by atoms with E-state index in [9.17, 15) is 9.59 Å². The number of methoxy groups -OCH3 is 2. The molecule has 0 spiro atoms. The van der Waals surface area contributed by atoms with Gasteiger partial charge in [-0.2, -0.15) is 5.10 Å². The minimum atomic E-state index is -0.967. The average Bonchev–Trinajstić information content (AvgIpc) is 2.40. The molecule has 1 aromatic carbocycles. The summed E-state index contributed by atoms with van der Waals surface area (Å²) >= 11 is 17.6. The molecule has 0 atom stereocenters. The number of anilines is 1. The second-order valence-corrected chi connectivity index (χ2v) is 4.55. The summed E-state index contributed by atoms with van der Waals surface area (Å²) in [7, 11) is 2.20. The van der Waals surface area contributed by atoms with Crippen LogP contribution in [-0.4, -0.2) is 31.9 Å². The molecule has 0 amide bonds. The fraction of sp³-hybridized carbons (Fsp3) is 0.182. The summed E-state index contributed by atoms with van der Waals surface area (Å²) in [6.07, 6.45) is 0. The molecule has 0 aliphatic heterocycles. The molecule has 1 aromatic rings. The van der Waals surface area contributed by atoms with Crippen LogP contribution in [0.5, 0.6) is 0 Å². The van der Waals surface area contributed by atoms with E-state index in [0.29, 0.717) is 5.02 Å². The minimum Gasteiger partial charge on any atom is -0.464 e. The molecule has 1 N–H and O–H groups in total. The first-order valence-corrected chi connectivity index (χ1v) is 6.19. The quantitative estimate of drug-likeness (QED) is 0.395. The fourth-order valence-electron chi connectivity index (χ4n) is 1.13. The lowest BCUT2D eigenvalue weighted by Gasteiger charge is -2.08. The monoisotopic (exact) mass is 338 g/mol. The normalized spacial score (nSPS) is 9.65. The van der Waals surface area contributed by atoms with Crippen molar-refractivity contribution in [1.82, 2.24) is 0 Å². The Labute approximate surface area is 129 Å².